The Kier molecular flexibility index (Phi) is 5.29. The molecule has 30 heavy (non-hydrogen) atoms. The largest absolute Gasteiger partial charge is 0.454 e. The van der Waals surface area contributed by atoms with E-state index in [1.807, 2.05) is 12.1 Å². The highest BCUT2D eigenvalue weighted by atomic mass is 16.7. The molecule has 4 rings (SSSR count). The summed E-state index contributed by atoms with van der Waals surface area (Å²) in [4.78, 5) is 23.8. The minimum Gasteiger partial charge on any atom is -0.454 e. The molecule has 0 spiro atoms. The lowest BCUT2D eigenvalue weighted by atomic mass is 10.0. The molecule has 0 radical (unpaired) electrons. The van der Waals surface area contributed by atoms with Crippen LogP contribution in [-0.2, 0) is 0 Å². The zero-order valence-corrected chi connectivity index (χ0v) is 15.6. The molecule has 1 heterocycles. The summed E-state index contributed by atoms with van der Waals surface area (Å²) in [6, 6.07) is 20.3. The molecule has 0 saturated heterocycles. The molecule has 1 aliphatic heterocycles. The Morgan fingerprint density at radius 2 is 1.53 bits per heavy atom. The summed E-state index contributed by atoms with van der Waals surface area (Å²) in [5.74, 6) is 0.375. The summed E-state index contributed by atoms with van der Waals surface area (Å²) in [6.07, 6.45) is 1.22. The number of hydrogen-bond acceptors (Lipinski definition) is 7. The molecule has 8 heteroatoms. The third-order valence-corrected chi connectivity index (χ3v) is 4.37. The first-order chi connectivity index (χ1) is 14.6. The van der Waals surface area contributed by atoms with Gasteiger partial charge in [-0.1, -0.05) is 60.7 Å². The summed E-state index contributed by atoms with van der Waals surface area (Å²) in [5.41, 5.74) is 1.16. The van der Waals surface area contributed by atoms with E-state index < -0.39 is 4.92 Å². The van der Waals surface area contributed by atoms with Crippen molar-refractivity contribution in [3.05, 3.63) is 99.6 Å². The SMILES string of the molecule is O=C(/C(=N/N=C/c1cc2c(cc1[N+](=O)[O-])OCO2)c1ccccc1)c1ccccc1. The Morgan fingerprint density at radius 1 is 0.933 bits per heavy atom. The van der Waals surface area contributed by atoms with Gasteiger partial charge >= 0.3 is 0 Å². The van der Waals surface area contributed by atoms with E-state index in [0.29, 0.717) is 22.6 Å². The van der Waals surface area contributed by atoms with Gasteiger partial charge in [0.1, 0.15) is 5.71 Å². The predicted molar refractivity (Wildman–Crippen MR) is 111 cm³/mol. The number of nitrogens with zero attached hydrogens (tertiary/aromatic N) is 3. The molecule has 0 fully saturated rings. The summed E-state index contributed by atoms with van der Waals surface area (Å²) in [7, 11) is 0. The van der Waals surface area contributed by atoms with Crippen LogP contribution in [0.15, 0.2) is 83.0 Å². The van der Waals surface area contributed by atoms with E-state index in [0.717, 1.165) is 0 Å². The van der Waals surface area contributed by atoms with Crippen molar-refractivity contribution in [2.75, 3.05) is 6.79 Å². The van der Waals surface area contributed by atoms with Crippen LogP contribution in [0.3, 0.4) is 0 Å². The van der Waals surface area contributed by atoms with E-state index in [9.17, 15) is 14.9 Å². The maximum atomic E-state index is 13.0. The zero-order chi connectivity index (χ0) is 20.9. The highest BCUT2D eigenvalue weighted by Gasteiger charge is 2.22. The Morgan fingerprint density at radius 3 is 2.17 bits per heavy atom. The second-order valence-corrected chi connectivity index (χ2v) is 6.28. The fourth-order valence-corrected chi connectivity index (χ4v) is 2.91. The lowest BCUT2D eigenvalue weighted by molar-refractivity contribution is -0.385. The van der Waals surface area contributed by atoms with Crippen molar-refractivity contribution in [2.24, 2.45) is 10.2 Å². The number of carbonyl (C=O) groups is 1. The topological polar surface area (TPSA) is 103 Å². The third-order valence-electron chi connectivity index (χ3n) is 4.37. The van der Waals surface area contributed by atoms with Crippen molar-refractivity contribution >= 4 is 23.4 Å². The number of ether oxygens (including phenoxy) is 2. The average Bonchev–Trinajstić information content (AvgIpc) is 3.24. The van der Waals surface area contributed by atoms with Crippen LogP contribution in [0.5, 0.6) is 11.5 Å². The van der Waals surface area contributed by atoms with Crippen molar-refractivity contribution in [3.63, 3.8) is 0 Å². The van der Waals surface area contributed by atoms with Gasteiger partial charge in [0.15, 0.2) is 11.5 Å². The van der Waals surface area contributed by atoms with Gasteiger partial charge in [-0.3, -0.25) is 14.9 Å². The van der Waals surface area contributed by atoms with Crippen molar-refractivity contribution in [1.29, 1.82) is 0 Å². The van der Waals surface area contributed by atoms with Crippen LogP contribution >= 0.6 is 0 Å². The van der Waals surface area contributed by atoms with E-state index in [1.165, 1.54) is 18.3 Å². The van der Waals surface area contributed by atoms with E-state index in [1.54, 1.807) is 48.5 Å². The van der Waals surface area contributed by atoms with Crippen molar-refractivity contribution in [2.45, 2.75) is 0 Å². The molecule has 3 aromatic rings. The van der Waals surface area contributed by atoms with Crippen LogP contribution in [0.2, 0.25) is 0 Å². The fraction of sp³-hybridized carbons (Fsp3) is 0.0455. The number of fused-ring (bicyclic) bond motifs is 1. The van der Waals surface area contributed by atoms with Crippen molar-refractivity contribution in [3.8, 4) is 11.5 Å². The van der Waals surface area contributed by atoms with Crippen LogP contribution < -0.4 is 9.47 Å². The molecule has 0 amide bonds. The number of Topliss-reactive ketones (excluding diaryl/α,β-unsaturated/α-hetero) is 1. The van der Waals surface area contributed by atoms with E-state index in [2.05, 4.69) is 10.2 Å². The molecule has 1 aliphatic rings. The summed E-state index contributed by atoms with van der Waals surface area (Å²) in [5, 5.41) is 19.5. The van der Waals surface area contributed by atoms with Gasteiger partial charge in [-0.25, -0.2) is 0 Å². The van der Waals surface area contributed by atoms with Gasteiger partial charge in [-0.2, -0.15) is 5.10 Å². The van der Waals surface area contributed by atoms with Crippen LogP contribution in [0.4, 0.5) is 5.69 Å². The first-order valence-electron chi connectivity index (χ1n) is 8.98. The molecule has 148 valence electrons. The minimum absolute atomic E-state index is 0.00499. The van der Waals surface area contributed by atoms with Gasteiger partial charge in [-0.05, 0) is 6.07 Å². The lowest BCUT2D eigenvalue weighted by Gasteiger charge is -2.04. The number of nitro benzene ring substituents is 1. The highest BCUT2D eigenvalue weighted by molar-refractivity contribution is 6.51. The fourth-order valence-electron chi connectivity index (χ4n) is 2.91. The van der Waals surface area contributed by atoms with Gasteiger partial charge in [0.25, 0.3) is 5.69 Å². The Labute approximate surface area is 171 Å². The van der Waals surface area contributed by atoms with Crippen LogP contribution in [-0.4, -0.2) is 29.4 Å². The molecule has 0 saturated carbocycles. The molecule has 8 nitrogen and oxygen atoms in total. The first kappa shape index (κ1) is 19.0. The van der Waals surface area contributed by atoms with E-state index in [4.69, 9.17) is 9.47 Å². The molecule has 0 atom stereocenters. The second kappa shape index (κ2) is 8.36. The van der Waals surface area contributed by atoms with Crippen molar-refractivity contribution in [1.82, 2.24) is 0 Å². The number of carbonyl (C=O) groups excluding carboxylic acids is 1. The van der Waals surface area contributed by atoms with Crippen molar-refractivity contribution < 1.29 is 19.2 Å². The quantitative estimate of drug-likeness (QED) is 0.268. The third kappa shape index (κ3) is 3.93. The van der Waals surface area contributed by atoms with Gasteiger partial charge in [0.2, 0.25) is 12.6 Å². The molecule has 3 aromatic carbocycles. The number of ketones is 1. The number of benzene rings is 3. The van der Waals surface area contributed by atoms with Crippen LogP contribution in [0, 0.1) is 10.1 Å². The molecule has 0 aliphatic carbocycles. The molecule has 0 N–H and O–H groups in total. The second-order valence-electron chi connectivity index (χ2n) is 6.28. The standard InChI is InChI=1S/C22H15N3O5/c26-22(16-9-5-2-6-10-16)21(15-7-3-1-4-8-15)24-23-13-17-11-19-20(30-14-29-19)12-18(17)25(27)28/h1-13H,14H2/b23-13+,24-21+. The molecule has 0 aromatic heterocycles. The van der Waals surface area contributed by atoms with Gasteiger partial charge in [0.05, 0.1) is 22.8 Å². The summed E-state index contributed by atoms with van der Waals surface area (Å²) >= 11 is 0. The zero-order valence-electron chi connectivity index (χ0n) is 15.6. The lowest BCUT2D eigenvalue weighted by Crippen LogP contribution is -2.15. The van der Waals surface area contributed by atoms with Gasteiger partial charge in [-0.15, -0.1) is 5.10 Å². The monoisotopic (exact) mass is 401 g/mol. The Bertz CT molecular complexity index is 1160. The molecular formula is C22H15N3O5. The Balaban J connectivity index is 1.72. The number of nitro groups is 1. The number of hydrogen-bond donors (Lipinski definition) is 0. The maximum Gasteiger partial charge on any atom is 0.282 e. The Hall–Kier alpha value is -4.33. The van der Waals surface area contributed by atoms with Gasteiger partial charge in [0, 0.05) is 11.1 Å². The minimum atomic E-state index is -0.541. The van der Waals surface area contributed by atoms with E-state index in [-0.39, 0.29) is 29.5 Å². The summed E-state index contributed by atoms with van der Waals surface area (Å²) < 4.78 is 10.5. The van der Waals surface area contributed by atoms with Crippen LogP contribution in [0.25, 0.3) is 0 Å². The molecular weight excluding hydrogens is 386 g/mol. The maximum absolute atomic E-state index is 13.0. The number of rotatable bonds is 6. The molecule has 0 unspecified atom stereocenters. The molecule has 0 bridgehead atoms. The van der Waals surface area contributed by atoms with E-state index >= 15 is 0 Å². The predicted octanol–water partition coefficient (Wildman–Crippen LogP) is 4.03. The van der Waals surface area contributed by atoms with Crippen LogP contribution in [0.1, 0.15) is 21.5 Å². The average molecular weight is 401 g/mol. The highest BCUT2D eigenvalue weighted by Crippen LogP contribution is 2.37. The van der Waals surface area contributed by atoms with Gasteiger partial charge < -0.3 is 9.47 Å². The normalized spacial score (nSPS) is 12.9. The first-order valence-corrected chi connectivity index (χ1v) is 8.98. The summed E-state index contributed by atoms with van der Waals surface area (Å²) in [6.45, 7) is -0.00499. The smallest absolute Gasteiger partial charge is 0.282 e.